The zero-order chi connectivity index (χ0) is 13.9. The molecule has 0 amide bonds. The SMILES string of the molecule is COc1ccc(-c2n[nH][nH+]c2-c2cccc(Br)c2)cc1. The summed E-state index contributed by atoms with van der Waals surface area (Å²) in [7, 11) is 1.66. The monoisotopic (exact) mass is 330 g/mol. The highest BCUT2D eigenvalue weighted by atomic mass is 79.9. The summed E-state index contributed by atoms with van der Waals surface area (Å²) >= 11 is 3.49. The third-order valence-corrected chi connectivity index (χ3v) is 3.56. The molecule has 2 N–H and O–H groups in total. The van der Waals surface area contributed by atoms with Crippen LogP contribution >= 0.6 is 15.9 Å². The first-order chi connectivity index (χ1) is 9.78. The van der Waals surface area contributed by atoms with Crippen LogP contribution in [0.2, 0.25) is 0 Å². The largest absolute Gasteiger partial charge is 0.497 e. The molecule has 0 radical (unpaired) electrons. The normalized spacial score (nSPS) is 10.5. The van der Waals surface area contributed by atoms with Gasteiger partial charge in [-0.15, -0.1) is 0 Å². The number of hydrogen-bond donors (Lipinski definition) is 1. The van der Waals surface area contributed by atoms with Crippen molar-refractivity contribution in [1.29, 1.82) is 0 Å². The fourth-order valence-corrected chi connectivity index (χ4v) is 2.46. The Bertz CT molecular complexity index is 722. The molecular weight excluding hydrogens is 318 g/mol. The van der Waals surface area contributed by atoms with Crippen molar-refractivity contribution in [3.05, 3.63) is 53.0 Å². The third-order valence-electron chi connectivity index (χ3n) is 3.06. The fraction of sp³-hybridized carbons (Fsp3) is 0.0667. The molecule has 3 aromatic rings. The molecule has 0 aliphatic heterocycles. The van der Waals surface area contributed by atoms with Crippen LogP contribution in [0.5, 0.6) is 5.75 Å². The van der Waals surface area contributed by atoms with Crippen LogP contribution in [0.25, 0.3) is 22.5 Å². The highest BCUT2D eigenvalue weighted by Gasteiger charge is 2.19. The Hall–Kier alpha value is -2.14. The van der Waals surface area contributed by atoms with E-state index < -0.39 is 0 Å². The summed E-state index contributed by atoms with van der Waals surface area (Å²) in [6.45, 7) is 0. The fourth-order valence-electron chi connectivity index (χ4n) is 2.07. The number of rotatable bonds is 3. The minimum Gasteiger partial charge on any atom is -0.497 e. The van der Waals surface area contributed by atoms with E-state index in [-0.39, 0.29) is 0 Å². The molecule has 5 heteroatoms. The molecular formula is C15H13BrN3O+. The second-order valence-corrected chi connectivity index (χ2v) is 5.23. The molecule has 2 aromatic carbocycles. The Labute approximate surface area is 124 Å². The first-order valence-electron chi connectivity index (χ1n) is 6.14. The van der Waals surface area contributed by atoms with Gasteiger partial charge in [-0.25, -0.2) is 0 Å². The minimum absolute atomic E-state index is 0.831. The predicted octanol–water partition coefficient (Wildman–Crippen LogP) is 3.33. The zero-order valence-corrected chi connectivity index (χ0v) is 12.4. The van der Waals surface area contributed by atoms with Gasteiger partial charge < -0.3 is 4.74 Å². The van der Waals surface area contributed by atoms with Gasteiger partial charge in [0, 0.05) is 20.7 Å². The van der Waals surface area contributed by atoms with Crippen molar-refractivity contribution in [2.75, 3.05) is 7.11 Å². The van der Waals surface area contributed by atoms with Crippen molar-refractivity contribution >= 4 is 15.9 Å². The number of H-pyrrole nitrogens is 2. The van der Waals surface area contributed by atoms with Gasteiger partial charge in [-0.1, -0.05) is 33.3 Å². The first-order valence-corrected chi connectivity index (χ1v) is 6.93. The van der Waals surface area contributed by atoms with E-state index in [2.05, 4.69) is 31.3 Å². The average Bonchev–Trinajstić information content (AvgIpc) is 2.97. The van der Waals surface area contributed by atoms with Crippen LogP contribution in [0.4, 0.5) is 0 Å². The lowest BCUT2D eigenvalue weighted by Gasteiger charge is -2.00. The maximum absolute atomic E-state index is 5.17. The number of nitrogens with one attached hydrogen (secondary N) is 2. The Morgan fingerprint density at radius 3 is 2.60 bits per heavy atom. The average molecular weight is 331 g/mol. The van der Waals surface area contributed by atoms with Crippen LogP contribution in [-0.2, 0) is 0 Å². The molecule has 1 heterocycles. The second-order valence-electron chi connectivity index (χ2n) is 4.31. The Morgan fingerprint density at radius 1 is 1.10 bits per heavy atom. The lowest BCUT2D eigenvalue weighted by molar-refractivity contribution is -0.443. The lowest BCUT2D eigenvalue weighted by Crippen LogP contribution is -2.05. The van der Waals surface area contributed by atoms with Crippen LogP contribution in [-0.4, -0.2) is 17.4 Å². The smallest absolute Gasteiger partial charge is 0.256 e. The van der Waals surface area contributed by atoms with E-state index in [0.717, 1.165) is 32.7 Å². The van der Waals surface area contributed by atoms with Crippen molar-refractivity contribution in [1.82, 2.24) is 10.3 Å². The van der Waals surface area contributed by atoms with Gasteiger partial charge >= 0.3 is 0 Å². The number of ether oxygens (including phenoxy) is 1. The molecule has 0 spiro atoms. The molecule has 0 saturated carbocycles. The number of benzene rings is 2. The summed E-state index contributed by atoms with van der Waals surface area (Å²) in [5, 5.41) is 10.2. The summed E-state index contributed by atoms with van der Waals surface area (Å²) < 4.78 is 6.21. The highest BCUT2D eigenvalue weighted by molar-refractivity contribution is 9.10. The van der Waals surface area contributed by atoms with E-state index in [1.807, 2.05) is 48.5 Å². The van der Waals surface area contributed by atoms with Crippen LogP contribution in [0, 0.1) is 0 Å². The number of halogens is 1. The number of aromatic amines is 2. The molecule has 20 heavy (non-hydrogen) atoms. The molecule has 0 fully saturated rings. The maximum Gasteiger partial charge on any atom is 0.256 e. The number of hydrogen-bond acceptors (Lipinski definition) is 2. The molecule has 0 unspecified atom stereocenters. The number of aromatic nitrogens is 3. The highest BCUT2D eigenvalue weighted by Crippen LogP contribution is 2.28. The third kappa shape index (κ3) is 2.44. The second kappa shape index (κ2) is 5.46. The van der Waals surface area contributed by atoms with Crippen molar-refractivity contribution in [2.24, 2.45) is 0 Å². The van der Waals surface area contributed by atoms with Crippen molar-refractivity contribution in [3.8, 4) is 28.3 Å². The molecule has 3 rings (SSSR count). The van der Waals surface area contributed by atoms with Gasteiger partial charge in [0.2, 0.25) is 5.69 Å². The van der Waals surface area contributed by atoms with E-state index in [9.17, 15) is 0 Å². The lowest BCUT2D eigenvalue weighted by atomic mass is 10.1. The van der Waals surface area contributed by atoms with Crippen molar-refractivity contribution < 1.29 is 9.84 Å². The Kier molecular flexibility index (Phi) is 3.52. The van der Waals surface area contributed by atoms with Crippen LogP contribution in [0.1, 0.15) is 0 Å². The maximum atomic E-state index is 5.17. The predicted molar refractivity (Wildman–Crippen MR) is 80.3 cm³/mol. The van der Waals surface area contributed by atoms with Crippen LogP contribution < -0.4 is 9.84 Å². The summed E-state index contributed by atoms with van der Waals surface area (Å²) in [5.74, 6) is 0.831. The summed E-state index contributed by atoms with van der Waals surface area (Å²) in [4.78, 5) is 0. The van der Waals surface area contributed by atoms with Crippen LogP contribution in [0.15, 0.2) is 53.0 Å². The summed E-state index contributed by atoms with van der Waals surface area (Å²) in [6.07, 6.45) is 0. The van der Waals surface area contributed by atoms with E-state index in [1.54, 1.807) is 7.11 Å². The molecule has 1 aromatic heterocycles. The first kappa shape index (κ1) is 12.9. The quantitative estimate of drug-likeness (QED) is 0.800. The van der Waals surface area contributed by atoms with Gasteiger partial charge in [0.25, 0.3) is 5.69 Å². The molecule has 100 valence electrons. The Morgan fingerprint density at radius 2 is 1.90 bits per heavy atom. The topological polar surface area (TPSA) is 52.0 Å². The van der Waals surface area contributed by atoms with Gasteiger partial charge in [0.05, 0.1) is 7.11 Å². The number of nitrogens with zero attached hydrogens (tertiary/aromatic N) is 1. The molecule has 0 aliphatic rings. The van der Waals surface area contributed by atoms with E-state index in [0.29, 0.717) is 0 Å². The molecule has 0 atom stereocenters. The summed E-state index contributed by atoms with van der Waals surface area (Å²) in [6, 6.07) is 15.9. The Balaban J connectivity index is 2.05. The number of methoxy groups -OCH3 is 1. The van der Waals surface area contributed by atoms with Gasteiger partial charge in [-0.05, 0) is 36.4 Å². The van der Waals surface area contributed by atoms with E-state index in [1.165, 1.54) is 0 Å². The van der Waals surface area contributed by atoms with Crippen molar-refractivity contribution in [3.63, 3.8) is 0 Å². The van der Waals surface area contributed by atoms with Gasteiger partial charge in [-0.3, -0.25) is 0 Å². The van der Waals surface area contributed by atoms with Gasteiger partial charge in [0.15, 0.2) is 0 Å². The molecule has 0 saturated heterocycles. The summed E-state index contributed by atoms with van der Waals surface area (Å²) in [5.41, 5.74) is 3.93. The van der Waals surface area contributed by atoms with Gasteiger partial charge in [0.1, 0.15) is 5.75 Å². The zero-order valence-electron chi connectivity index (χ0n) is 10.9. The van der Waals surface area contributed by atoms with E-state index in [4.69, 9.17) is 4.74 Å². The van der Waals surface area contributed by atoms with Gasteiger partial charge in [-0.2, -0.15) is 5.10 Å². The standard InChI is InChI=1S/C15H12BrN3O/c1-20-13-7-5-10(6-8-13)14-15(18-19-17-14)11-3-2-4-12(16)9-11/h2-9H,1H3,(H,17,18,19)/p+1. The molecule has 0 aliphatic carbocycles. The minimum atomic E-state index is 0.831. The van der Waals surface area contributed by atoms with Crippen LogP contribution in [0.3, 0.4) is 0 Å². The van der Waals surface area contributed by atoms with Crippen molar-refractivity contribution in [2.45, 2.75) is 0 Å². The van der Waals surface area contributed by atoms with E-state index >= 15 is 0 Å². The molecule has 4 nitrogen and oxygen atoms in total. The molecule has 0 bridgehead atoms.